The number of nitrogens with zero attached hydrogens (tertiary/aromatic N) is 2. The normalized spacial score (nSPS) is 14.7. The van der Waals surface area contributed by atoms with Crippen molar-refractivity contribution in [2.75, 3.05) is 12.0 Å². The average Bonchev–Trinajstić information content (AvgIpc) is 2.98. The summed E-state index contributed by atoms with van der Waals surface area (Å²) in [5, 5.41) is 3.50. The van der Waals surface area contributed by atoms with Crippen LogP contribution < -0.4 is 5.73 Å². The topological polar surface area (TPSA) is 102 Å². The Bertz CT molecular complexity index is 960. The monoisotopic (exact) mass is 415 g/mol. The first-order chi connectivity index (χ1) is 14.0. The molecule has 2 amide bonds. The Labute approximate surface area is 170 Å². The molecule has 2 aromatic rings. The number of amides is 2. The van der Waals surface area contributed by atoms with Gasteiger partial charge >= 0.3 is 5.97 Å². The SMILES string of the molecule is CSCC[C@H](C(=O)O/N=C(/N)c1ccccc1F)N1C(=O)c2ccccc2C1=O. The Hall–Kier alpha value is -3.20. The lowest BCUT2D eigenvalue weighted by molar-refractivity contribution is -0.148. The van der Waals surface area contributed by atoms with E-state index in [-0.39, 0.29) is 28.9 Å². The molecule has 0 saturated heterocycles. The summed E-state index contributed by atoms with van der Waals surface area (Å²) in [6.45, 7) is 0. The first-order valence-corrected chi connectivity index (χ1v) is 10.1. The summed E-state index contributed by atoms with van der Waals surface area (Å²) < 4.78 is 13.8. The number of halogens is 1. The van der Waals surface area contributed by atoms with Crippen molar-refractivity contribution in [2.24, 2.45) is 10.9 Å². The fourth-order valence-corrected chi connectivity index (χ4v) is 3.40. The van der Waals surface area contributed by atoms with E-state index < -0.39 is 29.6 Å². The van der Waals surface area contributed by atoms with Gasteiger partial charge in [0.2, 0.25) is 0 Å². The van der Waals surface area contributed by atoms with Crippen LogP contribution in [0.5, 0.6) is 0 Å². The van der Waals surface area contributed by atoms with Crippen molar-refractivity contribution in [3.05, 3.63) is 71.0 Å². The van der Waals surface area contributed by atoms with E-state index in [1.807, 2.05) is 6.26 Å². The Morgan fingerprint density at radius 2 is 1.72 bits per heavy atom. The van der Waals surface area contributed by atoms with Crippen LogP contribution in [0.4, 0.5) is 4.39 Å². The van der Waals surface area contributed by atoms with Crippen LogP contribution in [0.3, 0.4) is 0 Å². The first kappa shape index (κ1) is 20.5. The van der Waals surface area contributed by atoms with Gasteiger partial charge in [-0.2, -0.15) is 11.8 Å². The van der Waals surface area contributed by atoms with Crippen molar-refractivity contribution in [3.8, 4) is 0 Å². The molecule has 0 fully saturated rings. The Morgan fingerprint density at radius 3 is 2.31 bits per heavy atom. The van der Waals surface area contributed by atoms with E-state index in [1.54, 1.807) is 18.2 Å². The van der Waals surface area contributed by atoms with E-state index in [0.29, 0.717) is 5.75 Å². The van der Waals surface area contributed by atoms with E-state index >= 15 is 0 Å². The van der Waals surface area contributed by atoms with Crippen LogP contribution in [0, 0.1) is 5.82 Å². The van der Waals surface area contributed by atoms with E-state index in [0.717, 1.165) is 4.90 Å². The van der Waals surface area contributed by atoms with E-state index in [1.165, 1.54) is 42.1 Å². The number of rotatable bonds is 7. The predicted octanol–water partition coefficient (Wildman–Crippen LogP) is 2.41. The van der Waals surface area contributed by atoms with E-state index in [4.69, 9.17) is 10.6 Å². The van der Waals surface area contributed by atoms with Crippen LogP contribution in [-0.2, 0) is 9.63 Å². The minimum Gasteiger partial charge on any atom is -0.380 e. The summed E-state index contributed by atoms with van der Waals surface area (Å²) >= 11 is 1.45. The summed E-state index contributed by atoms with van der Waals surface area (Å²) in [5.41, 5.74) is 6.14. The average molecular weight is 415 g/mol. The number of amidine groups is 1. The lowest BCUT2D eigenvalue weighted by Crippen LogP contribution is -2.45. The maximum atomic E-state index is 13.8. The van der Waals surface area contributed by atoms with E-state index in [9.17, 15) is 18.8 Å². The quantitative estimate of drug-likeness (QED) is 0.245. The molecule has 1 heterocycles. The zero-order valence-corrected chi connectivity index (χ0v) is 16.3. The highest BCUT2D eigenvalue weighted by Gasteiger charge is 2.43. The largest absolute Gasteiger partial charge is 0.380 e. The molecule has 1 aliphatic rings. The second-order valence-corrected chi connectivity index (χ2v) is 7.18. The highest BCUT2D eigenvalue weighted by Crippen LogP contribution is 2.26. The molecule has 2 aromatic carbocycles. The number of hydrogen-bond acceptors (Lipinski definition) is 6. The molecule has 0 radical (unpaired) electrons. The van der Waals surface area contributed by atoms with Crippen LogP contribution in [-0.4, -0.2) is 46.6 Å². The number of fused-ring (bicyclic) bond motifs is 1. The third-order valence-corrected chi connectivity index (χ3v) is 5.03. The van der Waals surface area contributed by atoms with Crippen molar-refractivity contribution >= 4 is 35.4 Å². The smallest absolute Gasteiger partial charge is 0.357 e. The third kappa shape index (κ3) is 4.14. The van der Waals surface area contributed by atoms with Crippen LogP contribution in [0.2, 0.25) is 0 Å². The molecule has 1 atom stereocenters. The van der Waals surface area contributed by atoms with Gasteiger partial charge < -0.3 is 10.6 Å². The molecule has 7 nitrogen and oxygen atoms in total. The van der Waals surface area contributed by atoms with Crippen molar-refractivity contribution in [3.63, 3.8) is 0 Å². The first-order valence-electron chi connectivity index (χ1n) is 8.70. The van der Waals surface area contributed by atoms with Crippen molar-refractivity contribution in [1.82, 2.24) is 4.90 Å². The fraction of sp³-hybridized carbons (Fsp3) is 0.200. The van der Waals surface area contributed by atoms with Gasteiger partial charge in [-0.3, -0.25) is 14.5 Å². The predicted molar refractivity (Wildman–Crippen MR) is 107 cm³/mol. The maximum absolute atomic E-state index is 13.8. The molecule has 0 aliphatic carbocycles. The Kier molecular flexibility index (Phi) is 6.28. The molecule has 0 aromatic heterocycles. The number of carbonyl (C=O) groups excluding carboxylic acids is 3. The molecule has 0 spiro atoms. The molecule has 150 valence electrons. The molecular weight excluding hydrogens is 397 g/mol. The molecular formula is C20H18FN3O4S. The van der Waals surface area contributed by atoms with Crippen LogP contribution in [0.1, 0.15) is 32.7 Å². The van der Waals surface area contributed by atoms with Gasteiger partial charge in [0, 0.05) is 0 Å². The zero-order chi connectivity index (χ0) is 21.0. The fourth-order valence-electron chi connectivity index (χ4n) is 2.95. The van der Waals surface area contributed by atoms with Gasteiger partial charge in [-0.25, -0.2) is 9.18 Å². The van der Waals surface area contributed by atoms with Crippen LogP contribution in [0.15, 0.2) is 53.7 Å². The zero-order valence-electron chi connectivity index (χ0n) is 15.5. The van der Waals surface area contributed by atoms with Gasteiger partial charge in [-0.05, 0) is 42.7 Å². The molecule has 29 heavy (non-hydrogen) atoms. The van der Waals surface area contributed by atoms with Gasteiger partial charge in [0.15, 0.2) is 5.84 Å². The number of oxime groups is 1. The van der Waals surface area contributed by atoms with Gasteiger partial charge in [0.25, 0.3) is 11.8 Å². The second kappa shape index (κ2) is 8.87. The highest BCUT2D eigenvalue weighted by atomic mass is 32.2. The minimum absolute atomic E-state index is 0.0262. The number of hydrogen-bond donors (Lipinski definition) is 1. The molecule has 0 unspecified atom stereocenters. The summed E-state index contributed by atoms with van der Waals surface area (Å²) in [7, 11) is 0. The summed E-state index contributed by atoms with van der Waals surface area (Å²) in [6, 6.07) is 10.8. The lowest BCUT2D eigenvalue weighted by Gasteiger charge is -2.23. The number of imide groups is 1. The van der Waals surface area contributed by atoms with E-state index in [2.05, 4.69) is 5.16 Å². The van der Waals surface area contributed by atoms with Gasteiger partial charge in [0.1, 0.15) is 11.9 Å². The maximum Gasteiger partial charge on any atom is 0.357 e. The Morgan fingerprint density at radius 1 is 1.14 bits per heavy atom. The molecule has 0 bridgehead atoms. The highest BCUT2D eigenvalue weighted by molar-refractivity contribution is 7.98. The number of carbonyl (C=O) groups is 3. The molecule has 1 aliphatic heterocycles. The van der Waals surface area contributed by atoms with Crippen LogP contribution >= 0.6 is 11.8 Å². The molecule has 9 heteroatoms. The molecule has 0 saturated carbocycles. The van der Waals surface area contributed by atoms with Crippen molar-refractivity contribution < 1.29 is 23.6 Å². The number of nitrogens with two attached hydrogens (primary N) is 1. The van der Waals surface area contributed by atoms with Crippen molar-refractivity contribution in [1.29, 1.82) is 0 Å². The summed E-state index contributed by atoms with van der Waals surface area (Å²) in [5.74, 6) is -2.52. The lowest BCUT2D eigenvalue weighted by atomic mass is 10.1. The third-order valence-electron chi connectivity index (χ3n) is 4.39. The molecule has 3 rings (SSSR count). The minimum atomic E-state index is -1.17. The van der Waals surface area contributed by atoms with Crippen molar-refractivity contribution in [2.45, 2.75) is 12.5 Å². The number of benzene rings is 2. The number of thioether (sulfide) groups is 1. The summed E-state index contributed by atoms with van der Waals surface area (Å²) in [6.07, 6.45) is 2.01. The van der Waals surface area contributed by atoms with Crippen LogP contribution in [0.25, 0.3) is 0 Å². The standard InChI is InChI=1S/C20H18FN3O4S/c1-29-11-10-16(24-18(25)12-6-2-3-7-13(12)19(24)26)20(27)28-23-17(22)14-8-4-5-9-15(14)21/h2-9,16H,10-11H2,1H3,(H2,22,23)/t16-/m1/s1. The van der Waals surface area contributed by atoms with Gasteiger partial charge in [-0.15, -0.1) is 0 Å². The second-order valence-electron chi connectivity index (χ2n) is 6.19. The van der Waals surface area contributed by atoms with Gasteiger partial charge in [-0.1, -0.05) is 29.4 Å². The molecule has 2 N–H and O–H groups in total. The van der Waals surface area contributed by atoms with Gasteiger partial charge in [0.05, 0.1) is 16.7 Å². The Balaban J connectivity index is 1.83. The summed E-state index contributed by atoms with van der Waals surface area (Å²) in [4.78, 5) is 43.8.